The van der Waals surface area contributed by atoms with E-state index in [9.17, 15) is 4.79 Å². The molecule has 0 spiro atoms. The monoisotopic (exact) mass is 253 g/mol. The van der Waals surface area contributed by atoms with Crippen molar-refractivity contribution in [3.63, 3.8) is 0 Å². The van der Waals surface area contributed by atoms with Crippen molar-refractivity contribution in [2.45, 2.75) is 13.8 Å². The third-order valence-corrected chi connectivity index (χ3v) is 2.13. The first-order valence-corrected chi connectivity index (χ1v) is 5.56. The van der Waals surface area contributed by atoms with Crippen LogP contribution in [0.3, 0.4) is 0 Å². The van der Waals surface area contributed by atoms with Crippen LogP contribution in [0.2, 0.25) is 0 Å². The summed E-state index contributed by atoms with van der Waals surface area (Å²) in [6.07, 6.45) is 0. The van der Waals surface area contributed by atoms with Crippen LogP contribution in [0.5, 0.6) is 0 Å². The maximum atomic E-state index is 11.1. The number of amides is 1. The third-order valence-electron chi connectivity index (χ3n) is 2.13. The Morgan fingerprint density at radius 1 is 1.50 bits per heavy atom. The predicted octanol–water partition coefficient (Wildman–Crippen LogP) is -0.708. The van der Waals surface area contributed by atoms with E-state index in [1.54, 1.807) is 11.0 Å². The van der Waals surface area contributed by atoms with E-state index in [0.717, 1.165) is 0 Å². The summed E-state index contributed by atoms with van der Waals surface area (Å²) in [6.45, 7) is 4.75. The highest BCUT2D eigenvalue weighted by molar-refractivity contribution is 5.79. The van der Waals surface area contributed by atoms with Gasteiger partial charge in [0.05, 0.1) is 6.54 Å². The van der Waals surface area contributed by atoms with Gasteiger partial charge < -0.3 is 21.8 Å². The van der Waals surface area contributed by atoms with Gasteiger partial charge in [-0.2, -0.15) is 9.97 Å². The number of carbonyl (C=O) groups is 1. The van der Waals surface area contributed by atoms with Crippen molar-refractivity contribution in [1.29, 1.82) is 0 Å². The van der Waals surface area contributed by atoms with Crippen molar-refractivity contribution in [3.8, 4) is 0 Å². The first-order chi connectivity index (χ1) is 8.42. The van der Waals surface area contributed by atoms with Crippen molar-refractivity contribution in [2.75, 3.05) is 29.1 Å². The number of hydrogen-bond acceptors (Lipinski definition) is 7. The molecule has 0 fully saturated rings. The molecular weight excluding hydrogens is 234 g/mol. The summed E-state index contributed by atoms with van der Waals surface area (Å²) in [6, 6.07) is 1.61. The van der Waals surface area contributed by atoms with Crippen LogP contribution in [-0.4, -0.2) is 29.0 Å². The van der Waals surface area contributed by atoms with E-state index >= 15 is 0 Å². The first kappa shape index (κ1) is 14.0. The molecule has 0 atom stereocenters. The summed E-state index contributed by atoms with van der Waals surface area (Å²) in [5.74, 6) is 6.18. The minimum Gasteiger partial charge on any atom is -0.368 e. The predicted molar refractivity (Wildman–Crippen MR) is 70.5 cm³/mol. The van der Waals surface area contributed by atoms with Crippen molar-refractivity contribution >= 4 is 23.5 Å². The lowest BCUT2D eigenvalue weighted by atomic mass is 10.2. The number of carbonyl (C=O) groups excluding carboxylic acids is 1. The van der Waals surface area contributed by atoms with Crippen LogP contribution in [0, 0.1) is 5.92 Å². The fourth-order valence-electron chi connectivity index (χ4n) is 1.56. The molecule has 0 aliphatic rings. The van der Waals surface area contributed by atoms with Gasteiger partial charge in [0, 0.05) is 12.6 Å². The second-order valence-corrected chi connectivity index (χ2v) is 4.35. The summed E-state index contributed by atoms with van der Waals surface area (Å²) in [4.78, 5) is 20.8. The Morgan fingerprint density at radius 2 is 2.17 bits per heavy atom. The average Bonchev–Trinajstić information content (AvgIpc) is 2.26. The number of nitrogen functional groups attached to an aromatic ring is 2. The van der Waals surface area contributed by atoms with E-state index in [-0.39, 0.29) is 12.5 Å². The molecule has 1 rings (SSSR count). The lowest BCUT2D eigenvalue weighted by Crippen LogP contribution is -2.37. The van der Waals surface area contributed by atoms with Crippen molar-refractivity contribution in [1.82, 2.24) is 9.97 Å². The zero-order valence-electron chi connectivity index (χ0n) is 10.6. The van der Waals surface area contributed by atoms with Crippen LogP contribution in [0.25, 0.3) is 0 Å². The van der Waals surface area contributed by atoms with Gasteiger partial charge >= 0.3 is 0 Å². The zero-order chi connectivity index (χ0) is 13.7. The van der Waals surface area contributed by atoms with Gasteiger partial charge in [-0.1, -0.05) is 13.8 Å². The fourth-order valence-corrected chi connectivity index (χ4v) is 1.56. The molecule has 0 bridgehead atoms. The van der Waals surface area contributed by atoms with E-state index in [1.807, 2.05) is 13.8 Å². The highest BCUT2D eigenvalue weighted by Gasteiger charge is 2.14. The van der Waals surface area contributed by atoms with Crippen LogP contribution in [0.1, 0.15) is 13.8 Å². The molecule has 0 aliphatic carbocycles. The lowest BCUT2D eigenvalue weighted by molar-refractivity contribution is -0.116. The SMILES string of the molecule is CC(C)CN(CC(N)=O)c1cc(NN)nc(N)n1. The molecule has 1 aromatic heterocycles. The molecule has 100 valence electrons. The van der Waals surface area contributed by atoms with Crippen LogP contribution in [-0.2, 0) is 4.79 Å². The molecule has 8 heteroatoms. The quantitative estimate of drug-likeness (QED) is 0.388. The van der Waals surface area contributed by atoms with Gasteiger partial charge in [-0.15, -0.1) is 0 Å². The molecule has 0 saturated heterocycles. The summed E-state index contributed by atoms with van der Waals surface area (Å²) in [5, 5.41) is 0. The zero-order valence-corrected chi connectivity index (χ0v) is 10.6. The minimum atomic E-state index is -0.435. The number of anilines is 3. The summed E-state index contributed by atoms with van der Waals surface area (Å²) < 4.78 is 0. The number of rotatable bonds is 6. The largest absolute Gasteiger partial charge is 0.368 e. The van der Waals surface area contributed by atoms with Gasteiger partial charge in [0.1, 0.15) is 11.6 Å². The Balaban J connectivity index is 3.02. The van der Waals surface area contributed by atoms with E-state index < -0.39 is 5.91 Å². The average molecular weight is 253 g/mol. The Morgan fingerprint density at radius 3 is 2.67 bits per heavy atom. The van der Waals surface area contributed by atoms with Crippen LogP contribution in [0.15, 0.2) is 6.07 Å². The number of nitrogens with zero attached hydrogens (tertiary/aromatic N) is 3. The maximum absolute atomic E-state index is 11.1. The molecule has 0 aromatic carbocycles. The maximum Gasteiger partial charge on any atom is 0.236 e. The molecule has 18 heavy (non-hydrogen) atoms. The lowest BCUT2D eigenvalue weighted by Gasteiger charge is -2.24. The highest BCUT2D eigenvalue weighted by Crippen LogP contribution is 2.17. The van der Waals surface area contributed by atoms with Crippen molar-refractivity contribution in [3.05, 3.63) is 6.07 Å². The van der Waals surface area contributed by atoms with Gasteiger partial charge in [-0.25, -0.2) is 5.84 Å². The van der Waals surface area contributed by atoms with Crippen LogP contribution < -0.4 is 27.6 Å². The molecule has 0 aliphatic heterocycles. The van der Waals surface area contributed by atoms with Crippen LogP contribution >= 0.6 is 0 Å². The molecule has 0 unspecified atom stereocenters. The number of aromatic nitrogens is 2. The van der Waals surface area contributed by atoms with Gasteiger partial charge in [0.25, 0.3) is 0 Å². The fraction of sp³-hybridized carbons (Fsp3) is 0.500. The molecule has 8 nitrogen and oxygen atoms in total. The molecule has 1 amide bonds. The topological polar surface area (TPSA) is 136 Å². The van der Waals surface area contributed by atoms with Gasteiger partial charge in [-0.3, -0.25) is 4.79 Å². The second-order valence-electron chi connectivity index (χ2n) is 4.35. The normalized spacial score (nSPS) is 10.4. The Bertz CT molecular complexity index is 421. The molecule has 0 radical (unpaired) electrons. The van der Waals surface area contributed by atoms with Crippen molar-refractivity contribution in [2.24, 2.45) is 17.5 Å². The number of primary amides is 1. The molecule has 1 heterocycles. The molecular formula is C10H19N7O. The van der Waals surface area contributed by atoms with Crippen molar-refractivity contribution < 1.29 is 4.79 Å². The van der Waals surface area contributed by atoms with E-state index in [4.69, 9.17) is 17.3 Å². The van der Waals surface area contributed by atoms with Gasteiger partial charge in [-0.05, 0) is 5.92 Å². The third kappa shape index (κ3) is 4.06. The first-order valence-electron chi connectivity index (χ1n) is 5.56. The highest BCUT2D eigenvalue weighted by atomic mass is 16.1. The number of hydrogen-bond donors (Lipinski definition) is 4. The smallest absolute Gasteiger partial charge is 0.236 e. The summed E-state index contributed by atoms with van der Waals surface area (Å²) in [5.41, 5.74) is 13.2. The van der Waals surface area contributed by atoms with E-state index in [1.165, 1.54) is 0 Å². The molecule has 1 aromatic rings. The van der Waals surface area contributed by atoms with Crippen LogP contribution in [0.4, 0.5) is 17.6 Å². The number of hydrazine groups is 1. The number of nitrogens with two attached hydrogens (primary N) is 3. The summed E-state index contributed by atoms with van der Waals surface area (Å²) >= 11 is 0. The Hall–Kier alpha value is -2.09. The standard InChI is InChI=1S/C10H19N7O/c1-6(2)4-17(5-7(11)18)9-3-8(16-13)14-10(12)15-9/h3,6H,4-5,13H2,1-2H3,(H2,11,18)(H3,12,14,15,16). The molecule has 7 N–H and O–H groups in total. The Kier molecular flexibility index (Phi) is 4.67. The molecule has 0 saturated carbocycles. The Labute approximate surface area is 106 Å². The van der Waals surface area contributed by atoms with Gasteiger partial charge in [0.2, 0.25) is 11.9 Å². The summed E-state index contributed by atoms with van der Waals surface area (Å²) in [7, 11) is 0. The number of nitrogens with one attached hydrogen (secondary N) is 1. The van der Waals surface area contributed by atoms with E-state index in [2.05, 4.69) is 15.4 Å². The minimum absolute atomic E-state index is 0.0681. The van der Waals surface area contributed by atoms with Gasteiger partial charge in [0.15, 0.2) is 0 Å². The van der Waals surface area contributed by atoms with E-state index in [0.29, 0.717) is 24.1 Å². The second kappa shape index (κ2) is 6.01.